The molecule has 150 valence electrons. The van der Waals surface area contributed by atoms with Crippen LogP contribution < -0.4 is 9.46 Å². The van der Waals surface area contributed by atoms with Crippen molar-refractivity contribution < 1.29 is 17.9 Å². The normalized spacial score (nSPS) is 16.9. The first kappa shape index (κ1) is 20.4. The molecular formula is C21H26N2O4S. The van der Waals surface area contributed by atoms with Crippen molar-refractivity contribution in [3.05, 3.63) is 65.2 Å². The molecule has 0 radical (unpaired) electrons. The van der Waals surface area contributed by atoms with Crippen molar-refractivity contribution in [1.82, 2.24) is 9.62 Å². The highest BCUT2D eigenvalue weighted by Crippen LogP contribution is 2.33. The number of hydrogen-bond acceptors (Lipinski definition) is 4. The van der Waals surface area contributed by atoms with Gasteiger partial charge >= 0.3 is 0 Å². The van der Waals surface area contributed by atoms with Crippen LogP contribution in [0.2, 0.25) is 0 Å². The van der Waals surface area contributed by atoms with E-state index in [9.17, 15) is 13.2 Å². The second-order valence-electron chi connectivity index (χ2n) is 7.04. The predicted molar refractivity (Wildman–Crippen MR) is 109 cm³/mol. The molecule has 1 saturated heterocycles. The molecule has 0 bridgehead atoms. The number of hydrogen-bond donors (Lipinski definition) is 1. The molecule has 2 aromatic rings. The van der Waals surface area contributed by atoms with Gasteiger partial charge in [-0.3, -0.25) is 4.79 Å². The predicted octanol–water partition coefficient (Wildman–Crippen LogP) is 2.76. The SMILES string of the molecule is COc1ccc([C@@H]2CCCN2C(=O)c2ccc(CCNS(C)(=O)=O)cc2)cc1. The summed E-state index contributed by atoms with van der Waals surface area (Å²) in [4.78, 5) is 15.0. The number of amides is 1. The van der Waals surface area contributed by atoms with E-state index in [0.29, 0.717) is 18.5 Å². The Balaban J connectivity index is 1.66. The lowest BCUT2D eigenvalue weighted by Crippen LogP contribution is -2.30. The smallest absolute Gasteiger partial charge is 0.254 e. The fraction of sp³-hybridized carbons (Fsp3) is 0.381. The number of rotatable bonds is 7. The van der Waals surface area contributed by atoms with E-state index in [1.54, 1.807) is 7.11 Å². The van der Waals surface area contributed by atoms with Crippen molar-refractivity contribution in [2.45, 2.75) is 25.3 Å². The summed E-state index contributed by atoms with van der Waals surface area (Å²) in [5, 5.41) is 0. The Kier molecular flexibility index (Phi) is 6.36. The van der Waals surface area contributed by atoms with Crippen molar-refractivity contribution in [3.63, 3.8) is 0 Å². The van der Waals surface area contributed by atoms with Crippen LogP contribution in [0.4, 0.5) is 0 Å². The molecule has 1 aliphatic heterocycles. The van der Waals surface area contributed by atoms with Crippen molar-refractivity contribution in [2.75, 3.05) is 26.5 Å². The first-order valence-corrected chi connectivity index (χ1v) is 11.2. The lowest BCUT2D eigenvalue weighted by molar-refractivity contribution is 0.0735. The third-order valence-electron chi connectivity index (χ3n) is 4.99. The Morgan fingerprint density at radius 2 is 1.82 bits per heavy atom. The maximum absolute atomic E-state index is 13.0. The van der Waals surface area contributed by atoms with Crippen LogP contribution in [0.25, 0.3) is 0 Å². The van der Waals surface area contributed by atoms with Crippen LogP contribution in [0.5, 0.6) is 5.75 Å². The zero-order valence-corrected chi connectivity index (χ0v) is 17.0. The molecule has 3 rings (SSSR count). The first-order chi connectivity index (χ1) is 13.4. The number of carbonyl (C=O) groups is 1. The molecule has 0 aliphatic carbocycles. The fourth-order valence-corrected chi connectivity index (χ4v) is 4.02. The molecule has 1 N–H and O–H groups in total. The minimum absolute atomic E-state index is 0.0270. The minimum atomic E-state index is -3.18. The van der Waals surface area contributed by atoms with Crippen LogP contribution in [0.15, 0.2) is 48.5 Å². The van der Waals surface area contributed by atoms with Gasteiger partial charge in [0, 0.05) is 18.7 Å². The van der Waals surface area contributed by atoms with Crippen LogP contribution >= 0.6 is 0 Å². The van der Waals surface area contributed by atoms with Crippen molar-refractivity contribution >= 4 is 15.9 Å². The number of carbonyl (C=O) groups excluding carboxylic acids is 1. The van der Waals surface area contributed by atoms with Gasteiger partial charge < -0.3 is 9.64 Å². The molecule has 7 heteroatoms. The number of ether oxygens (including phenoxy) is 1. The summed E-state index contributed by atoms with van der Waals surface area (Å²) in [6.45, 7) is 1.09. The van der Waals surface area contributed by atoms with Crippen LogP contribution in [-0.2, 0) is 16.4 Å². The highest BCUT2D eigenvalue weighted by Gasteiger charge is 2.30. The van der Waals surface area contributed by atoms with Crippen molar-refractivity contribution in [3.8, 4) is 5.75 Å². The first-order valence-electron chi connectivity index (χ1n) is 9.36. The molecule has 1 fully saturated rings. The molecule has 2 aromatic carbocycles. The highest BCUT2D eigenvalue weighted by atomic mass is 32.2. The van der Waals surface area contributed by atoms with Gasteiger partial charge in [-0.15, -0.1) is 0 Å². The number of nitrogens with one attached hydrogen (secondary N) is 1. The summed E-state index contributed by atoms with van der Waals surface area (Å²) >= 11 is 0. The summed E-state index contributed by atoms with van der Waals surface area (Å²) < 4.78 is 29.9. The van der Waals surface area contributed by atoms with E-state index in [1.165, 1.54) is 0 Å². The van der Waals surface area contributed by atoms with Gasteiger partial charge in [0.1, 0.15) is 5.75 Å². The van der Waals surface area contributed by atoms with Gasteiger partial charge in [0.05, 0.1) is 19.4 Å². The summed E-state index contributed by atoms with van der Waals surface area (Å²) in [6.07, 6.45) is 3.66. The number of sulfonamides is 1. The second-order valence-corrected chi connectivity index (χ2v) is 8.88. The monoisotopic (exact) mass is 402 g/mol. The zero-order chi connectivity index (χ0) is 20.1. The van der Waals surface area contributed by atoms with Gasteiger partial charge in [-0.2, -0.15) is 0 Å². The van der Waals surface area contributed by atoms with E-state index < -0.39 is 10.0 Å². The van der Waals surface area contributed by atoms with Gasteiger partial charge in [-0.25, -0.2) is 13.1 Å². The Morgan fingerprint density at radius 3 is 2.43 bits per heavy atom. The Morgan fingerprint density at radius 1 is 1.14 bits per heavy atom. The van der Waals surface area contributed by atoms with Crippen molar-refractivity contribution in [1.29, 1.82) is 0 Å². The Bertz CT molecular complexity index is 908. The molecule has 0 spiro atoms. The number of methoxy groups -OCH3 is 1. The summed E-state index contributed by atoms with van der Waals surface area (Å²) in [5.74, 6) is 0.833. The average Bonchev–Trinajstić information content (AvgIpc) is 3.17. The summed E-state index contributed by atoms with van der Waals surface area (Å²) in [5.41, 5.74) is 2.76. The van der Waals surface area contributed by atoms with Gasteiger partial charge in [0.15, 0.2) is 0 Å². The van der Waals surface area contributed by atoms with Crippen molar-refractivity contribution in [2.24, 2.45) is 0 Å². The number of nitrogens with zero attached hydrogens (tertiary/aromatic N) is 1. The third kappa shape index (κ3) is 5.11. The highest BCUT2D eigenvalue weighted by molar-refractivity contribution is 7.88. The lowest BCUT2D eigenvalue weighted by atomic mass is 10.0. The largest absolute Gasteiger partial charge is 0.497 e. The molecule has 0 unspecified atom stereocenters. The molecular weight excluding hydrogens is 376 g/mol. The van der Waals surface area contributed by atoms with Gasteiger partial charge in [0.2, 0.25) is 10.0 Å². The molecule has 1 aliphatic rings. The van der Waals surface area contributed by atoms with E-state index in [4.69, 9.17) is 4.74 Å². The Labute approximate surface area is 166 Å². The van der Waals surface area contributed by atoms with E-state index in [0.717, 1.165) is 42.5 Å². The molecule has 1 amide bonds. The fourth-order valence-electron chi connectivity index (χ4n) is 3.54. The standard InChI is InChI=1S/C21H26N2O4S/c1-27-19-11-9-17(10-12-19)20-4-3-15-23(20)21(24)18-7-5-16(6-8-18)13-14-22-28(2,25)26/h5-12,20,22H,3-4,13-15H2,1-2H3/t20-/m0/s1. The molecule has 28 heavy (non-hydrogen) atoms. The summed E-state index contributed by atoms with van der Waals surface area (Å²) in [7, 11) is -1.54. The molecule has 1 heterocycles. The zero-order valence-electron chi connectivity index (χ0n) is 16.2. The molecule has 0 aromatic heterocycles. The average molecular weight is 403 g/mol. The minimum Gasteiger partial charge on any atom is -0.497 e. The van der Waals surface area contributed by atoms with E-state index in [-0.39, 0.29) is 11.9 Å². The quantitative estimate of drug-likeness (QED) is 0.773. The van der Waals surface area contributed by atoms with Gasteiger partial charge in [-0.05, 0) is 54.7 Å². The Hall–Kier alpha value is -2.38. The molecule has 6 nitrogen and oxygen atoms in total. The van der Waals surface area contributed by atoms with Crippen LogP contribution in [0, 0.1) is 0 Å². The van der Waals surface area contributed by atoms with Gasteiger partial charge in [-0.1, -0.05) is 24.3 Å². The van der Waals surface area contributed by atoms with Gasteiger partial charge in [0.25, 0.3) is 5.91 Å². The maximum atomic E-state index is 13.0. The topological polar surface area (TPSA) is 75.7 Å². The number of benzene rings is 2. The summed E-state index contributed by atoms with van der Waals surface area (Å²) in [6, 6.07) is 15.4. The lowest BCUT2D eigenvalue weighted by Gasteiger charge is -2.25. The van der Waals surface area contributed by atoms with Crippen LogP contribution in [0.3, 0.4) is 0 Å². The van der Waals surface area contributed by atoms with Crippen LogP contribution in [0.1, 0.15) is 40.4 Å². The van der Waals surface area contributed by atoms with E-state index in [1.807, 2.05) is 53.4 Å². The molecule has 0 saturated carbocycles. The number of likely N-dealkylation sites (tertiary alicyclic amines) is 1. The van der Waals surface area contributed by atoms with Crippen LogP contribution in [-0.4, -0.2) is 45.7 Å². The maximum Gasteiger partial charge on any atom is 0.254 e. The molecule has 1 atom stereocenters. The third-order valence-corrected chi connectivity index (χ3v) is 5.72. The van der Waals surface area contributed by atoms with E-state index in [2.05, 4.69) is 4.72 Å². The second kappa shape index (κ2) is 8.75. The van der Waals surface area contributed by atoms with E-state index >= 15 is 0 Å².